The van der Waals surface area contributed by atoms with E-state index in [1.54, 1.807) is 0 Å². The van der Waals surface area contributed by atoms with E-state index in [0.29, 0.717) is 5.92 Å². The van der Waals surface area contributed by atoms with Crippen LogP contribution in [0.1, 0.15) is 38.5 Å². The maximum absolute atomic E-state index is 9.55. The van der Waals surface area contributed by atoms with Gasteiger partial charge in [-0.2, -0.15) is 5.26 Å². The van der Waals surface area contributed by atoms with Crippen LogP contribution in [0.3, 0.4) is 0 Å². The molecule has 1 heterocycles. The highest BCUT2D eigenvalue weighted by atomic mass is 14.8. The fraction of sp³-hybridized carbons (Fsp3) is 0.692. The van der Waals surface area contributed by atoms with Crippen LogP contribution in [0, 0.1) is 28.1 Å². The fourth-order valence-electron chi connectivity index (χ4n) is 3.53. The molecule has 0 N–H and O–H groups in total. The number of aliphatic imine (C=N–C) groups is 1. The molecule has 2 atom stereocenters. The summed E-state index contributed by atoms with van der Waals surface area (Å²) < 4.78 is 0. The second-order valence-corrected chi connectivity index (χ2v) is 5.23. The maximum Gasteiger partial charge on any atom is 0.0699 e. The normalized spacial score (nSPS) is 40.6. The van der Waals surface area contributed by atoms with E-state index >= 15 is 0 Å². The number of nitrogens with zero attached hydrogens (tertiary/aromatic N) is 2. The van der Waals surface area contributed by atoms with Crippen molar-refractivity contribution in [2.24, 2.45) is 21.7 Å². The van der Waals surface area contributed by atoms with E-state index in [1.165, 1.54) is 19.3 Å². The Morgan fingerprint density at radius 2 is 2.07 bits per heavy atom. The fourth-order valence-corrected chi connectivity index (χ4v) is 3.53. The first kappa shape index (κ1) is 9.15. The van der Waals surface area contributed by atoms with Crippen LogP contribution in [-0.4, -0.2) is 6.21 Å². The lowest BCUT2D eigenvalue weighted by atomic mass is 9.64. The summed E-state index contributed by atoms with van der Waals surface area (Å²) in [5.74, 6) is 0.604. The number of fused-ring (bicyclic) bond motifs is 1. The van der Waals surface area contributed by atoms with Gasteiger partial charge in [-0.1, -0.05) is 25.3 Å². The molecule has 2 saturated carbocycles. The van der Waals surface area contributed by atoms with Crippen LogP contribution < -0.4 is 0 Å². The minimum Gasteiger partial charge on any atom is -0.269 e. The summed E-state index contributed by atoms with van der Waals surface area (Å²) in [4.78, 5) is 4.28. The van der Waals surface area contributed by atoms with Gasteiger partial charge >= 0.3 is 0 Å². The molecule has 2 aliphatic carbocycles. The predicted octanol–water partition coefficient (Wildman–Crippen LogP) is 3.06. The zero-order chi connectivity index (χ0) is 10.4. The van der Waals surface area contributed by atoms with Crippen LogP contribution >= 0.6 is 0 Å². The number of hydrogen-bond acceptors (Lipinski definition) is 2. The average molecular weight is 200 g/mol. The molecular formula is C13H16N2. The lowest BCUT2D eigenvalue weighted by molar-refractivity contribution is 0.189. The molecule has 1 aliphatic heterocycles. The van der Waals surface area contributed by atoms with Gasteiger partial charge in [0.05, 0.1) is 11.5 Å². The minimum absolute atomic E-state index is 0.0931. The summed E-state index contributed by atoms with van der Waals surface area (Å²) >= 11 is 0. The van der Waals surface area contributed by atoms with Gasteiger partial charge < -0.3 is 0 Å². The molecule has 0 spiro atoms. The molecule has 78 valence electrons. The van der Waals surface area contributed by atoms with Gasteiger partial charge in [-0.05, 0) is 25.2 Å². The molecule has 2 heteroatoms. The second kappa shape index (κ2) is 2.95. The van der Waals surface area contributed by atoms with Gasteiger partial charge in [-0.25, -0.2) is 0 Å². The van der Waals surface area contributed by atoms with Crippen molar-refractivity contribution >= 4 is 6.21 Å². The van der Waals surface area contributed by atoms with Gasteiger partial charge in [0, 0.05) is 17.8 Å². The molecule has 15 heavy (non-hydrogen) atoms. The van der Waals surface area contributed by atoms with E-state index < -0.39 is 0 Å². The predicted molar refractivity (Wildman–Crippen MR) is 59.3 cm³/mol. The Kier molecular flexibility index (Phi) is 1.80. The zero-order valence-corrected chi connectivity index (χ0v) is 8.95. The van der Waals surface area contributed by atoms with Crippen molar-refractivity contribution in [3.8, 4) is 6.07 Å². The molecule has 0 radical (unpaired) electrons. The second-order valence-electron chi connectivity index (χ2n) is 5.23. The van der Waals surface area contributed by atoms with Gasteiger partial charge in [-0.15, -0.1) is 0 Å². The molecular weight excluding hydrogens is 184 g/mol. The zero-order valence-electron chi connectivity index (χ0n) is 8.95. The van der Waals surface area contributed by atoms with E-state index in [2.05, 4.69) is 23.4 Å². The Balaban J connectivity index is 1.95. The van der Waals surface area contributed by atoms with Crippen LogP contribution in [0.25, 0.3) is 0 Å². The molecule has 2 nitrogen and oxygen atoms in total. The number of hydrogen-bond donors (Lipinski definition) is 0. The van der Waals surface area contributed by atoms with E-state index in [-0.39, 0.29) is 10.8 Å². The number of rotatable bonds is 1. The third-order valence-electron chi connectivity index (χ3n) is 4.58. The van der Waals surface area contributed by atoms with Crippen LogP contribution in [0.5, 0.6) is 0 Å². The summed E-state index contributed by atoms with van der Waals surface area (Å²) in [7, 11) is 0. The van der Waals surface area contributed by atoms with Crippen LogP contribution in [0.4, 0.5) is 0 Å². The summed E-state index contributed by atoms with van der Waals surface area (Å²) in [5, 5.41) is 9.55. The molecule has 2 fully saturated rings. The molecule has 3 rings (SSSR count). The van der Waals surface area contributed by atoms with Crippen molar-refractivity contribution in [2.75, 3.05) is 0 Å². The van der Waals surface area contributed by atoms with Gasteiger partial charge in [0.25, 0.3) is 0 Å². The van der Waals surface area contributed by atoms with Crippen molar-refractivity contribution in [3.63, 3.8) is 0 Å². The van der Waals surface area contributed by atoms with Crippen LogP contribution in [0.15, 0.2) is 17.3 Å². The van der Waals surface area contributed by atoms with E-state index in [9.17, 15) is 5.26 Å². The third-order valence-corrected chi connectivity index (χ3v) is 4.58. The molecule has 0 aromatic carbocycles. The highest BCUT2D eigenvalue weighted by molar-refractivity contribution is 5.75. The van der Waals surface area contributed by atoms with Crippen LogP contribution in [0.2, 0.25) is 0 Å². The summed E-state index contributed by atoms with van der Waals surface area (Å²) in [5.41, 5.74) is 0.0289. The largest absolute Gasteiger partial charge is 0.269 e. The Bertz CT molecular complexity index is 368. The first-order valence-corrected chi connectivity index (χ1v) is 5.95. The van der Waals surface area contributed by atoms with Crippen molar-refractivity contribution in [3.05, 3.63) is 12.3 Å². The first-order valence-electron chi connectivity index (χ1n) is 5.95. The third kappa shape index (κ3) is 1.07. The SMILES string of the molecule is N#CC1(C23C=NC=CC2C3)CCCCC1. The van der Waals surface area contributed by atoms with E-state index in [1.807, 2.05) is 6.20 Å². The molecule has 2 unspecified atom stereocenters. The molecule has 0 aromatic rings. The van der Waals surface area contributed by atoms with Gasteiger partial charge in [-0.3, -0.25) is 4.99 Å². The van der Waals surface area contributed by atoms with Gasteiger partial charge in [0.1, 0.15) is 0 Å². The first-order chi connectivity index (χ1) is 7.33. The van der Waals surface area contributed by atoms with Crippen molar-refractivity contribution in [2.45, 2.75) is 38.5 Å². The highest BCUT2D eigenvalue weighted by Crippen LogP contribution is 2.67. The van der Waals surface area contributed by atoms with Crippen molar-refractivity contribution in [1.82, 2.24) is 0 Å². The van der Waals surface area contributed by atoms with Gasteiger partial charge in [0.2, 0.25) is 0 Å². The lowest BCUT2D eigenvalue weighted by Crippen LogP contribution is -2.36. The average Bonchev–Trinajstić information content (AvgIpc) is 3.06. The molecule has 0 saturated heterocycles. The molecule has 0 bridgehead atoms. The summed E-state index contributed by atoms with van der Waals surface area (Å²) in [6.07, 6.45) is 13.2. The highest BCUT2D eigenvalue weighted by Gasteiger charge is 2.65. The summed E-state index contributed by atoms with van der Waals surface area (Å²) in [6.45, 7) is 0. The van der Waals surface area contributed by atoms with E-state index in [4.69, 9.17) is 0 Å². The Morgan fingerprint density at radius 3 is 2.73 bits per heavy atom. The molecule has 3 aliphatic rings. The van der Waals surface area contributed by atoms with E-state index in [0.717, 1.165) is 19.3 Å². The van der Waals surface area contributed by atoms with Crippen LogP contribution in [-0.2, 0) is 0 Å². The molecule has 0 aromatic heterocycles. The lowest BCUT2D eigenvalue weighted by Gasteiger charge is -2.37. The smallest absolute Gasteiger partial charge is 0.0699 e. The standard InChI is InChI=1S/C13H16N2/c14-9-12(5-2-1-3-6-12)13-8-11(13)4-7-15-10-13/h4,7,10-11H,1-3,5-6,8H2. The Morgan fingerprint density at radius 1 is 1.27 bits per heavy atom. The quantitative estimate of drug-likeness (QED) is 0.640. The van der Waals surface area contributed by atoms with Gasteiger partial charge in [0.15, 0.2) is 0 Å². The summed E-state index contributed by atoms with van der Waals surface area (Å²) in [6, 6.07) is 2.64. The van der Waals surface area contributed by atoms with Crippen molar-refractivity contribution in [1.29, 1.82) is 5.26 Å². The monoisotopic (exact) mass is 200 g/mol. The topological polar surface area (TPSA) is 36.1 Å². The molecule has 0 amide bonds. The maximum atomic E-state index is 9.55. The minimum atomic E-state index is -0.0931. The number of allylic oxidation sites excluding steroid dienone is 1. The Labute approximate surface area is 90.7 Å². The number of nitriles is 1. The van der Waals surface area contributed by atoms with Crippen molar-refractivity contribution < 1.29 is 0 Å². The Hall–Kier alpha value is -1.10.